The molecule has 0 bridgehead atoms. The van der Waals surface area contributed by atoms with Gasteiger partial charge in [0, 0.05) is 5.56 Å². The van der Waals surface area contributed by atoms with Crippen molar-refractivity contribution in [1.82, 2.24) is 0 Å². The Bertz CT molecular complexity index is 672. The van der Waals surface area contributed by atoms with Crippen molar-refractivity contribution in [2.45, 2.75) is 13.3 Å². The molecule has 0 heterocycles. The van der Waals surface area contributed by atoms with Crippen LogP contribution < -0.4 is 37.1 Å². The first-order chi connectivity index (χ1) is 13.1. The second-order valence-electron chi connectivity index (χ2n) is 5.48. The molecule has 0 amide bonds. The molecule has 11 nitrogen and oxygen atoms in total. The number of hydrogen-bond acceptors (Lipinski definition) is 11. The molecule has 0 saturated carbocycles. The van der Waals surface area contributed by atoms with Gasteiger partial charge in [-0.05, 0) is 6.42 Å². The summed E-state index contributed by atoms with van der Waals surface area (Å²) in [6.07, 6.45) is 0.441. The average Bonchev–Trinajstić information content (AvgIpc) is 2.67. The molecule has 12 N–H and O–H groups in total. The predicted octanol–water partition coefficient (Wildman–Crippen LogP) is 1.11. The third kappa shape index (κ3) is 3.68. The highest BCUT2D eigenvalue weighted by molar-refractivity contribution is 5.84. The topological polar surface area (TPSA) is 213 Å². The Kier molecular flexibility index (Phi) is 6.96. The van der Waals surface area contributed by atoms with Crippen LogP contribution in [0.15, 0.2) is 0 Å². The first-order valence-corrected chi connectivity index (χ1v) is 7.95. The van der Waals surface area contributed by atoms with Gasteiger partial charge < -0.3 is 57.6 Å². The van der Waals surface area contributed by atoms with Crippen LogP contribution in [0.1, 0.15) is 12.5 Å². The lowest BCUT2D eigenvalue weighted by molar-refractivity contribution is 0.341. The normalized spacial score (nSPS) is 10.0. The molecule has 2 rings (SSSR count). The Morgan fingerprint density at radius 3 is 1.11 bits per heavy atom. The standard InChI is InChI=1S/C9H14N2O3.C8H12N2O4/c1-3-4-7(12)5(10)9(14-2)6(11)8(4)13;1-13-7-3(9)5(11)8(14-2)6(12)4(7)10/h12-13H,3,10-11H2,1-2H3;11-12H,9-10H2,1-2H3. The molecule has 0 aromatic heterocycles. The molecule has 0 aliphatic rings. The Hall–Kier alpha value is -3.76. The summed E-state index contributed by atoms with van der Waals surface area (Å²) in [7, 11) is 3.97. The number of phenols is 4. The summed E-state index contributed by atoms with van der Waals surface area (Å²) in [5, 5.41) is 38.1. The Morgan fingerprint density at radius 2 is 0.857 bits per heavy atom. The fourth-order valence-electron chi connectivity index (χ4n) is 2.48. The van der Waals surface area contributed by atoms with Gasteiger partial charge in [0.15, 0.2) is 23.0 Å². The predicted molar refractivity (Wildman–Crippen MR) is 106 cm³/mol. The highest BCUT2D eigenvalue weighted by atomic mass is 16.5. The first-order valence-electron chi connectivity index (χ1n) is 7.95. The maximum Gasteiger partial charge on any atom is 0.207 e. The lowest BCUT2D eigenvalue weighted by Crippen LogP contribution is -2.01. The van der Waals surface area contributed by atoms with E-state index in [1.54, 1.807) is 6.92 Å². The van der Waals surface area contributed by atoms with Gasteiger partial charge in [-0.2, -0.15) is 0 Å². The van der Waals surface area contributed by atoms with E-state index in [1.165, 1.54) is 21.3 Å². The number of anilines is 4. The number of phenolic OH excluding ortho intramolecular Hbond substituents is 4. The molecule has 0 aliphatic heterocycles. The first kappa shape index (κ1) is 22.3. The van der Waals surface area contributed by atoms with E-state index < -0.39 is 11.5 Å². The van der Waals surface area contributed by atoms with E-state index in [4.69, 9.17) is 37.1 Å². The van der Waals surface area contributed by atoms with Gasteiger partial charge in [0.2, 0.25) is 5.75 Å². The summed E-state index contributed by atoms with van der Waals surface area (Å²) in [5.41, 5.74) is 22.4. The molecular formula is C17H26N4O7. The molecule has 0 aliphatic carbocycles. The van der Waals surface area contributed by atoms with Crippen LogP contribution in [0.3, 0.4) is 0 Å². The van der Waals surface area contributed by atoms with Gasteiger partial charge in [0.25, 0.3) is 0 Å². The molecule has 0 fully saturated rings. The zero-order valence-corrected chi connectivity index (χ0v) is 16.0. The number of methoxy groups -OCH3 is 3. The van der Waals surface area contributed by atoms with Crippen LogP contribution in [0.5, 0.6) is 40.2 Å². The summed E-state index contributed by atoms with van der Waals surface area (Å²) in [5.74, 6) is -1.15. The zero-order chi connectivity index (χ0) is 21.8. The highest BCUT2D eigenvalue weighted by Crippen LogP contribution is 2.51. The molecule has 11 heteroatoms. The lowest BCUT2D eigenvalue weighted by atomic mass is 10.1. The second kappa shape index (κ2) is 8.75. The minimum absolute atomic E-state index is 0.0285. The summed E-state index contributed by atoms with van der Waals surface area (Å²) in [4.78, 5) is 0. The van der Waals surface area contributed by atoms with Crippen molar-refractivity contribution in [1.29, 1.82) is 0 Å². The number of rotatable bonds is 4. The Morgan fingerprint density at radius 1 is 0.571 bits per heavy atom. The molecule has 2 aromatic carbocycles. The van der Waals surface area contributed by atoms with Gasteiger partial charge in [0.05, 0.1) is 21.3 Å². The van der Waals surface area contributed by atoms with Crippen molar-refractivity contribution in [3.63, 3.8) is 0 Å². The number of hydrogen-bond donors (Lipinski definition) is 8. The minimum Gasteiger partial charge on any atom is -0.505 e. The van der Waals surface area contributed by atoms with Gasteiger partial charge in [-0.25, -0.2) is 0 Å². The number of nitrogens with two attached hydrogens (primary N) is 4. The number of aromatic hydroxyl groups is 4. The van der Waals surface area contributed by atoms with Gasteiger partial charge in [-0.1, -0.05) is 6.92 Å². The smallest absolute Gasteiger partial charge is 0.207 e. The molecule has 0 spiro atoms. The maximum absolute atomic E-state index is 9.59. The van der Waals surface area contributed by atoms with E-state index in [9.17, 15) is 20.4 Å². The molecule has 2 aromatic rings. The lowest BCUT2D eigenvalue weighted by Gasteiger charge is -2.14. The maximum atomic E-state index is 9.59. The van der Waals surface area contributed by atoms with E-state index >= 15 is 0 Å². The van der Waals surface area contributed by atoms with Crippen LogP contribution in [-0.2, 0) is 6.42 Å². The number of ether oxygens (including phenoxy) is 3. The zero-order valence-electron chi connectivity index (χ0n) is 16.0. The van der Waals surface area contributed by atoms with Crippen molar-refractivity contribution in [3.05, 3.63) is 5.56 Å². The van der Waals surface area contributed by atoms with Crippen LogP contribution in [0.4, 0.5) is 22.7 Å². The third-order valence-corrected chi connectivity index (χ3v) is 3.97. The summed E-state index contributed by atoms with van der Waals surface area (Å²) in [6, 6.07) is 0. The third-order valence-electron chi connectivity index (χ3n) is 3.97. The number of benzene rings is 2. The van der Waals surface area contributed by atoms with Crippen LogP contribution in [-0.4, -0.2) is 41.8 Å². The van der Waals surface area contributed by atoms with Crippen molar-refractivity contribution in [2.75, 3.05) is 44.3 Å². The fourth-order valence-corrected chi connectivity index (χ4v) is 2.48. The van der Waals surface area contributed by atoms with Crippen LogP contribution in [0.2, 0.25) is 0 Å². The molecule has 156 valence electrons. The molecule has 0 saturated heterocycles. The highest BCUT2D eigenvalue weighted by Gasteiger charge is 2.22. The quantitative estimate of drug-likeness (QED) is 0.207. The minimum atomic E-state index is -0.393. The fraction of sp³-hybridized carbons (Fsp3) is 0.294. The van der Waals surface area contributed by atoms with E-state index in [0.29, 0.717) is 12.0 Å². The van der Waals surface area contributed by atoms with Gasteiger partial charge in [0.1, 0.15) is 34.2 Å². The largest absolute Gasteiger partial charge is 0.505 e. The summed E-state index contributed by atoms with van der Waals surface area (Å²) >= 11 is 0. The van der Waals surface area contributed by atoms with Gasteiger partial charge >= 0.3 is 0 Å². The van der Waals surface area contributed by atoms with E-state index in [0.717, 1.165) is 0 Å². The van der Waals surface area contributed by atoms with Crippen LogP contribution >= 0.6 is 0 Å². The van der Waals surface area contributed by atoms with E-state index in [-0.39, 0.29) is 51.5 Å². The van der Waals surface area contributed by atoms with Crippen molar-refractivity contribution < 1.29 is 34.6 Å². The monoisotopic (exact) mass is 398 g/mol. The van der Waals surface area contributed by atoms with Crippen molar-refractivity contribution in [3.8, 4) is 40.2 Å². The van der Waals surface area contributed by atoms with Crippen LogP contribution in [0.25, 0.3) is 0 Å². The Balaban J connectivity index is 0.000000280. The number of nitrogen functional groups attached to an aromatic ring is 4. The van der Waals surface area contributed by atoms with Crippen molar-refractivity contribution in [2.24, 2.45) is 0 Å². The molecular weight excluding hydrogens is 372 g/mol. The average molecular weight is 398 g/mol. The van der Waals surface area contributed by atoms with Gasteiger partial charge in [-0.15, -0.1) is 0 Å². The molecule has 28 heavy (non-hydrogen) atoms. The molecule has 0 unspecified atom stereocenters. The van der Waals surface area contributed by atoms with Gasteiger partial charge in [-0.3, -0.25) is 0 Å². The Labute approximate surface area is 161 Å². The summed E-state index contributed by atoms with van der Waals surface area (Å²) < 4.78 is 14.4. The molecule has 0 atom stereocenters. The molecule has 0 radical (unpaired) electrons. The summed E-state index contributed by atoms with van der Waals surface area (Å²) in [6.45, 7) is 1.78. The van der Waals surface area contributed by atoms with E-state index in [2.05, 4.69) is 0 Å². The van der Waals surface area contributed by atoms with Crippen molar-refractivity contribution >= 4 is 22.7 Å². The second-order valence-corrected chi connectivity index (χ2v) is 5.48. The SMILES string of the molecule is CCc1c(O)c(N)c(OC)c(N)c1O.COc1c(N)c(O)c(OC)c(O)c1N. The van der Waals surface area contributed by atoms with Crippen LogP contribution in [0, 0.1) is 0 Å². The van der Waals surface area contributed by atoms with E-state index in [1.807, 2.05) is 0 Å².